The van der Waals surface area contributed by atoms with Crippen LogP contribution in [0.2, 0.25) is 0 Å². The van der Waals surface area contributed by atoms with Crippen LogP contribution in [0.1, 0.15) is 52.4 Å². The molecule has 18 heavy (non-hydrogen) atoms. The van der Waals surface area contributed by atoms with Crippen LogP contribution in [0.25, 0.3) is 0 Å². The van der Waals surface area contributed by atoms with Crippen LogP contribution < -0.4 is 5.32 Å². The summed E-state index contributed by atoms with van der Waals surface area (Å²) >= 11 is 0. The molecule has 0 spiro atoms. The molecule has 0 amide bonds. The largest absolute Gasteiger partial charge is 0.377 e. The molecular formula is C15H32N2O. The highest BCUT2D eigenvalue weighted by Crippen LogP contribution is 2.23. The van der Waals surface area contributed by atoms with E-state index in [9.17, 15) is 0 Å². The quantitative estimate of drug-likeness (QED) is 0.642. The van der Waals surface area contributed by atoms with Crippen molar-refractivity contribution in [3.05, 3.63) is 0 Å². The highest BCUT2D eigenvalue weighted by molar-refractivity contribution is 4.84. The summed E-state index contributed by atoms with van der Waals surface area (Å²) in [7, 11) is 1.85. The van der Waals surface area contributed by atoms with E-state index >= 15 is 0 Å². The summed E-state index contributed by atoms with van der Waals surface area (Å²) in [4.78, 5) is 2.58. The molecule has 1 unspecified atom stereocenters. The average molecular weight is 256 g/mol. The van der Waals surface area contributed by atoms with Crippen LogP contribution in [-0.2, 0) is 4.74 Å². The highest BCUT2D eigenvalue weighted by Gasteiger charge is 2.30. The van der Waals surface area contributed by atoms with Gasteiger partial charge in [-0.05, 0) is 65.2 Å². The van der Waals surface area contributed by atoms with Gasteiger partial charge in [-0.15, -0.1) is 0 Å². The molecule has 0 aromatic heterocycles. The summed E-state index contributed by atoms with van der Waals surface area (Å²) in [6, 6.07) is 0. The van der Waals surface area contributed by atoms with Crippen molar-refractivity contribution in [3.8, 4) is 0 Å². The number of piperidine rings is 1. The third kappa shape index (κ3) is 6.17. The topological polar surface area (TPSA) is 24.5 Å². The molecule has 1 rings (SSSR count). The van der Waals surface area contributed by atoms with Gasteiger partial charge in [-0.3, -0.25) is 0 Å². The smallest absolute Gasteiger partial charge is 0.0777 e. The van der Waals surface area contributed by atoms with Crippen molar-refractivity contribution in [1.82, 2.24) is 10.2 Å². The minimum atomic E-state index is 0.0981. The maximum absolute atomic E-state index is 5.63. The number of hydrogen-bond acceptors (Lipinski definition) is 3. The third-order valence-corrected chi connectivity index (χ3v) is 3.99. The second kappa shape index (κ2) is 8.89. The fourth-order valence-corrected chi connectivity index (χ4v) is 2.73. The van der Waals surface area contributed by atoms with Gasteiger partial charge in [-0.2, -0.15) is 0 Å². The van der Waals surface area contributed by atoms with Gasteiger partial charge in [-0.1, -0.05) is 13.3 Å². The van der Waals surface area contributed by atoms with Gasteiger partial charge in [0.1, 0.15) is 0 Å². The van der Waals surface area contributed by atoms with E-state index in [1.54, 1.807) is 0 Å². The van der Waals surface area contributed by atoms with Crippen LogP contribution in [0, 0.1) is 0 Å². The molecular weight excluding hydrogens is 224 g/mol. The molecule has 0 bridgehead atoms. The van der Waals surface area contributed by atoms with Gasteiger partial charge in [0.2, 0.25) is 0 Å². The molecule has 1 atom stereocenters. The number of nitrogens with one attached hydrogen (secondary N) is 1. The fourth-order valence-electron chi connectivity index (χ4n) is 2.73. The van der Waals surface area contributed by atoms with Gasteiger partial charge < -0.3 is 15.0 Å². The maximum Gasteiger partial charge on any atom is 0.0777 e. The lowest BCUT2D eigenvalue weighted by Crippen LogP contribution is -2.47. The molecule has 1 N–H and O–H groups in total. The van der Waals surface area contributed by atoms with Crippen molar-refractivity contribution in [2.45, 2.75) is 58.0 Å². The Bertz CT molecular complexity index is 211. The second-order valence-electron chi connectivity index (χ2n) is 5.84. The Morgan fingerprint density at radius 3 is 2.78 bits per heavy atom. The van der Waals surface area contributed by atoms with E-state index in [0.29, 0.717) is 0 Å². The Balaban J connectivity index is 2.01. The van der Waals surface area contributed by atoms with Gasteiger partial charge in [-0.25, -0.2) is 0 Å². The Morgan fingerprint density at radius 1 is 1.22 bits per heavy atom. The number of methoxy groups -OCH3 is 1. The molecule has 0 aliphatic carbocycles. The van der Waals surface area contributed by atoms with Crippen molar-refractivity contribution < 1.29 is 4.74 Å². The molecule has 1 aliphatic rings. The molecule has 3 nitrogen and oxygen atoms in total. The molecule has 3 heteroatoms. The molecule has 108 valence electrons. The van der Waals surface area contributed by atoms with Gasteiger partial charge >= 0.3 is 0 Å². The second-order valence-corrected chi connectivity index (χ2v) is 5.84. The van der Waals surface area contributed by atoms with Crippen molar-refractivity contribution in [3.63, 3.8) is 0 Å². The number of rotatable bonds is 9. The standard InChI is InChI=1S/C15H32N2O/c1-4-10-16-11-6-5-7-12-17-13-8-9-15(2,14-17)18-3/h16H,4-14H2,1-3H3. The summed E-state index contributed by atoms with van der Waals surface area (Å²) in [5.74, 6) is 0. The van der Waals surface area contributed by atoms with Crippen LogP contribution in [0.15, 0.2) is 0 Å². The lowest BCUT2D eigenvalue weighted by molar-refractivity contribution is -0.0508. The zero-order valence-corrected chi connectivity index (χ0v) is 12.6. The SMILES string of the molecule is CCCNCCCCCN1CCCC(C)(OC)C1. The summed E-state index contributed by atoms with van der Waals surface area (Å²) < 4.78 is 5.63. The minimum Gasteiger partial charge on any atom is -0.377 e. The molecule has 0 aromatic carbocycles. The van der Waals surface area contributed by atoms with Crippen molar-refractivity contribution in [2.75, 3.05) is 39.8 Å². The third-order valence-electron chi connectivity index (χ3n) is 3.99. The first kappa shape index (κ1) is 15.9. The number of ether oxygens (including phenoxy) is 1. The van der Waals surface area contributed by atoms with Crippen LogP contribution in [-0.4, -0.2) is 50.3 Å². The Morgan fingerprint density at radius 2 is 2.06 bits per heavy atom. The first-order valence-electron chi connectivity index (χ1n) is 7.68. The van der Waals surface area contributed by atoms with Crippen molar-refractivity contribution in [1.29, 1.82) is 0 Å². The van der Waals surface area contributed by atoms with Crippen LogP contribution in [0.4, 0.5) is 0 Å². The summed E-state index contributed by atoms with van der Waals surface area (Å²) in [6.07, 6.45) is 7.71. The van der Waals surface area contributed by atoms with E-state index in [1.807, 2.05) is 7.11 Å². The van der Waals surface area contributed by atoms with E-state index in [4.69, 9.17) is 4.74 Å². The summed E-state index contributed by atoms with van der Waals surface area (Å²) in [5, 5.41) is 3.46. The lowest BCUT2D eigenvalue weighted by Gasteiger charge is -2.39. The Hall–Kier alpha value is -0.120. The van der Waals surface area contributed by atoms with Gasteiger partial charge in [0, 0.05) is 13.7 Å². The normalized spacial score (nSPS) is 25.5. The number of hydrogen-bond donors (Lipinski definition) is 1. The first-order valence-corrected chi connectivity index (χ1v) is 7.68. The number of nitrogens with zero attached hydrogens (tertiary/aromatic N) is 1. The van der Waals surface area contributed by atoms with E-state index in [0.717, 1.165) is 13.1 Å². The molecule has 0 saturated carbocycles. The van der Waals surface area contributed by atoms with Crippen LogP contribution in [0.5, 0.6) is 0 Å². The molecule has 1 saturated heterocycles. The van der Waals surface area contributed by atoms with E-state index in [2.05, 4.69) is 24.1 Å². The molecule has 0 radical (unpaired) electrons. The van der Waals surface area contributed by atoms with E-state index in [-0.39, 0.29) is 5.60 Å². The van der Waals surface area contributed by atoms with Crippen molar-refractivity contribution in [2.24, 2.45) is 0 Å². The summed E-state index contributed by atoms with van der Waals surface area (Å²) in [5.41, 5.74) is 0.0981. The van der Waals surface area contributed by atoms with Crippen LogP contribution >= 0.6 is 0 Å². The van der Waals surface area contributed by atoms with Gasteiger partial charge in [0.05, 0.1) is 5.60 Å². The zero-order valence-electron chi connectivity index (χ0n) is 12.6. The zero-order chi connectivity index (χ0) is 13.3. The van der Waals surface area contributed by atoms with E-state index in [1.165, 1.54) is 58.2 Å². The molecule has 1 fully saturated rings. The predicted molar refractivity (Wildman–Crippen MR) is 78.1 cm³/mol. The number of likely N-dealkylation sites (tertiary alicyclic amines) is 1. The maximum atomic E-state index is 5.63. The molecule has 1 heterocycles. The number of unbranched alkanes of at least 4 members (excludes halogenated alkanes) is 2. The van der Waals surface area contributed by atoms with Crippen LogP contribution in [0.3, 0.4) is 0 Å². The lowest BCUT2D eigenvalue weighted by atomic mass is 9.94. The highest BCUT2D eigenvalue weighted by atomic mass is 16.5. The van der Waals surface area contributed by atoms with Gasteiger partial charge in [0.25, 0.3) is 0 Å². The fraction of sp³-hybridized carbons (Fsp3) is 1.00. The predicted octanol–water partition coefficient (Wildman–Crippen LogP) is 2.66. The molecule has 0 aromatic rings. The monoisotopic (exact) mass is 256 g/mol. The summed E-state index contributed by atoms with van der Waals surface area (Å²) in [6.45, 7) is 10.4. The van der Waals surface area contributed by atoms with Crippen molar-refractivity contribution >= 4 is 0 Å². The minimum absolute atomic E-state index is 0.0981. The van der Waals surface area contributed by atoms with E-state index < -0.39 is 0 Å². The average Bonchev–Trinajstić information content (AvgIpc) is 2.38. The molecule has 1 aliphatic heterocycles. The Labute approximate surface area is 113 Å². The first-order chi connectivity index (χ1) is 8.70. The van der Waals surface area contributed by atoms with Gasteiger partial charge in [0.15, 0.2) is 0 Å². The Kier molecular flexibility index (Phi) is 7.87.